The molecule has 3 saturated heterocycles. The molecule has 1 N–H and O–H groups in total. The lowest BCUT2D eigenvalue weighted by Gasteiger charge is -2.42. The topological polar surface area (TPSA) is 54.0 Å². The number of piperidine rings is 2. The van der Waals surface area contributed by atoms with Gasteiger partial charge >= 0.3 is 0 Å². The average Bonchev–Trinajstić information content (AvgIpc) is 2.63. The molecular weight excluding hydrogens is 365 g/mol. The third-order valence-electron chi connectivity index (χ3n) is 5.71. The van der Waals surface area contributed by atoms with Gasteiger partial charge in [0.1, 0.15) is 5.60 Å². The number of rotatable bonds is 4. The van der Waals surface area contributed by atoms with Crippen LogP contribution in [0.2, 0.25) is 0 Å². The third kappa shape index (κ3) is 5.68. The molecule has 0 aromatic carbocycles. The van der Waals surface area contributed by atoms with Gasteiger partial charge in [-0.05, 0) is 44.7 Å². The summed E-state index contributed by atoms with van der Waals surface area (Å²) in [5.74, 6) is 0.926. The second-order valence-corrected chi connectivity index (χ2v) is 7.10. The summed E-state index contributed by atoms with van der Waals surface area (Å²) in [5, 5.41) is 3.32. The normalized spacial score (nSPS) is 24.9. The highest BCUT2D eigenvalue weighted by Crippen LogP contribution is 2.28. The van der Waals surface area contributed by atoms with Crippen molar-refractivity contribution in [3.05, 3.63) is 0 Å². The lowest BCUT2D eigenvalue weighted by molar-refractivity contribution is -0.159. The summed E-state index contributed by atoms with van der Waals surface area (Å²) in [4.78, 5) is 17.5. The number of carbonyl (C=O) groups excluding carboxylic acids is 1. The van der Waals surface area contributed by atoms with Crippen molar-refractivity contribution < 1.29 is 14.3 Å². The quantitative estimate of drug-likeness (QED) is 0.771. The molecule has 8 heteroatoms. The summed E-state index contributed by atoms with van der Waals surface area (Å²) in [6.07, 6.45) is 3.80. The molecule has 0 aromatic rings. The van der Waals surface area contributed by atoms with E-state index in [1.165, 1.54) is 0 Å². The zero-order chi connectivity index (χ0) is 16.1. The first-order valence-corrected chi connectivity index (χ1v) is 9.09. The van der Waals surface area contributed by atoms with Gasteiger partial charge in [-0.2, -0.15) is 0 Å². The van der Waals surface area contributed by atoms with Gasteiger partial charge in [0.15, 0.2) is 0 Å². The number of nitrogens with zero attached hydrogens (tertiary/aromatic N) is 2. The Labute approximate surface area is 163 Å². The summed E-state index contributed by atoms with van der Waals surface area (Å²) in [5.41, 5.74) is -0.581. The number of halogens is 2. The number of amides is 1. The van der Waals surface area contributed by atoms with E-state index in [4.69, 9.17) is 9.47 Å². The van der Waals surface area contributed by atoms with Crippen LogP contribution in [-0.2, 0) is 14.3 Å². The Morgan fingerprint density at radius 3 is 2.28 bits per heavy atom. The van der Waals surface area contributed by atoms with E-state index in [1.54, 1.807) is 7.11 Å². The molecule has 148 valence electrons. The van der Waals surface area contributed by atoms with Gasteiger partial charge in [0.05, 0.1) is 13.2 Å². The second-order valence-electron chi connectivity index (χ2n) is 7.10. The molecular formula is C17H33Cl2N3O3. The fourth-order valence-electron chi connectivity index (χ4n) is 4.09. The summed E-state index contributed by atoms with van der Waals surface area (Å²) in [7, 11) is 1.69. The standard InChI is InChI=1S/C17H31N3O3.2ClH/c1-22-17(4-6-18-7-5-17)16(21)20-8-2-15(3-9-20)14-19-10-12-23-13-11-19;;/h15,18H,2-14H2,1H3;2*1H. The van der Waals surface area contributed by atoms with Crippen LogP contribution in [0.15, 0.2) is 0 Å². The maximum Gasteiger partial charge on any atom is 0.254 e. The van der Waals surface area contributed by atoms with Crippen LogP contribution in [0.5, 0.6) is 0 Å². The van der Waals surface area contributed by atoms with E-state index >= 15 is 0 Å². The van der Waals surface area contributed by atoms with Crippen molar-refractivity contribution in [1.29, 1.82) is 0 Å². The Morgan fingerprint density at radius 2 is 1.72 bits per heavy atom. The van der Waals surface area contributed by atoms with Crippen molar-refractivity contribution in [2.45, 2.75) is 31.3 Å². The molecule has 0 radical (unpaired) electrons. The molecule has 3 aliphatic rings. The SMILES string of the molecule is COC1(C(=O)N2CCC(CN3CCOCC3)CC2)CCNCC1.Cl.Cl. The van der Waals surface area contributed by atoms with E-state index in [9.17, 15) is 4.79 Å². The van der Waals surface area contributed by atoms with E-state index in [1.807, 2.05) is 4.90 Å². The van der Waals surface area contributed by atoms with E-state index in [-0.39, 0.29) is 30.7 Å². The molecule has 0 saturated carbocycles. The lowest BCUT2D eigenvalue weighted by atomic mass is 9.88. The van der Waals surface area contributed by atoms with Crippen molar-refractivity contribution in [1.82, 2.24) is 15.1 Å². The number of methoxy groups -OCH3 is 1. The maximum absolute atomic E-state index is 12.9. The van der Waals surface area contributed by atoms with Crippen LogP contribution in [-0.4, -0.2) is 87.4 Å². The number of likely N-dealkylation sites (tertiary alicyclic amines) is 1. The van der Waals surface area contributed by atoms with Crippen LogP contribution in [0.25, 0.3) is 0 Å². The summed E-state index contributed by atoms with van der Waals surface area (Å²) >= 11 is 0. The Hall–Kier alpha value is -0.110. The first kappa shape index (κ1) is 22.9. The maximum atomic E-state index is 12.9. The third-order valence-corrected chi connectivity index (χ3v) is 5.71. The van der Waals surface area contributed by atoms with Crippen molar-refractivity contribution in [3.63, 3.8) is 0 Å². The van der Waals surface area contributed by atoms with E-state index < -0.39 is 5.60 Å². The number of carbonyl (C=O) groups is 1. The van der Waals surface area contributed by atoms with Crippen LogP contribution in [0, 0.1) is 5.92 Å². The molecule has 0 unspecified atom stereocenters. The molecule has 3 heterocycles. The minimum atomic E-state index is -0.581. The first-order valence-electron chi connectivity index (χ1n) is 9.09. The second kappa shape index (κ2) is 10.9. The minimum Gasteiger partial charge on any atom is -0.379 e. The lowest BCUT2D eigenvalue weighted by Crippen LogP contribution is -2.57. The first-order chi connectivity index (χ1) is 11.2. The molecule has 3 aliphatic heterocycles. The van der Waals surface area contributed by atoms with Gasteiger partial charge in [0.2, 0.25) is 0 Å². The zero-order valence-electron chi connectivity index (χ0n) is 15.2. The molecule has 25 heavy (non-hydrogen) atoms. The van der Waals surface area contributed by atoms with Crippen LogP contribution in [0.4, 0.5) is 0 Å². The summed E-state index contributed by atoms with van der Waals surface area (Å²) in [6, 6.07) is 0. The predicted octanol–water partition coefficient (Wildman–Crippen LogP) is 1.17. The molecule has 3 rings (SSSR count). The summed E-state index contributed by atoms with van der Waals surface area (Å²) < 4.78 is 11.1. The van der Waals surface area contributed by atoms with E-state index in [2.05, 4.69) is 10.2 Å². The fourth-order valence-corrected chi connectivity index (χ4v) is 4.09. The Kier molecular flexibility index (Phi) is 10.00. The van der Waals surface area contributed by atoms with Gasteiger partial charge < -0.3 is 19.7 Å². The predicted molar refractivity (Wildman–Crippen MR) is 103 cm³/mol. The Bertz CT molecular complexity index is 395. The highest BCUT2D eigenvalue weighted by atomic mass is 35.5. The highest BCUT2D eigenvalue weighted by molar-refractivity contribution is 5.86. The molecule has 0 aliphatic carbocycles. The molecule has 3 fully saturated rings. The number of hydrogen-bond acceptors (Lipinski definition) is 5. The van der Waals surface area contributed by atoms with Gasteiger partial charge in [0, 0.05) is 39.8 Å². The van der Waals surface area contributed by atoms with Crippen LogP contribution >= 0.6 is 24.8 Å². The van der Waals surface area contributed by atoms with Crippen molar-refractivity contribution in [2.24, 2.45) is 5.92 Å². The Balaban J connectivity index is 0.00000156. The number of morpholine rings is 1. The van der Waals surface area contributed by atoms with Crippen LogP contribution < -0.4 is 5.32 Å². The van der Waals surface area contributed by atoms with Crippen molar-refractivity contribution in [3.8, 4) is 0 Å². The Morgan fingerprint density at radius 1 is 1.12 bits per heavy atom. The van der Waals surface area contributed by atoms with Crippen LogP contribution in [0.3, 0.4) is 0 Å². The van der Waals surface area contributed by atoms with E-state index in [0.717, 1.165) is 84.7 Å². The minimum absolute atomic E-state index is 0. The number of nitrogens with one attached hydrogen (secondary N) is 1. The zero-order valence-corrected chi connectivity index (χ0v) is 16.8. The summed E-state index contributed by atoms with van der Waals surface area (Å²) in [6.45, 7) is 8.49. The van der Waals surface area contributed by atoms with Gasteiger partial charge in [-0.1, -0.05) is 0 Å². The number of ether oxygens (including phenoxy) is 2. The molecule has 0 bridgehead atoms. The molecule has 0 spiro atoms. The van der Waals surface area contributed by atoms with Gasteiger partial charge in [-0.15, -0.1) is 24.8 Å². The largest absolute Gasteiger partial charge is 0.379 e. The van der Waals surface area contributed by atoms with E-state index in [0.29, 0.717) is 5.92 Å². The van der Waals surface area contributed by atoms with Crippen molar-refractivity contribution >= 4 is 30.7 Å². The molecule has 6 nitrogen and oxygen atoms in total. The highest BCUT2D eigenvalue weighted by Gasteiger charge is 2.43. The molecule has 0 atom stereocenters. The molecule has 0 aromatic heterocycles. The fraction of sp³-hybridized carbons (Fsp3) is 0.941. The van der Waals surface area contributed by atoms with Crippen molar-refractivity contribution in [2.75, 3.05) is 66.1 Å². The number of hydrogen-bond donors (Lipinski definition) is 1. The van der Waals surface area contributed by atoms with Gasteiger partial charge in [-0.25, -0.2) is 0 Å². The molecule has 1 amide bonds. The van der Waals surface area contributed by atoms with Gasteiger partial charge in [0.25, 0.3) is 5.91 Å². The van der Waals surface area contributed by atoms with Gasteiger partial charge in [-0.3, -0.25) is 9.69 Å². The monoisotopic (exact) mass is 397 g/mol. The average molecular weight is 398 g/mol. The van der Waals surface area contributed by atoms with Crippen LogP contribution in [0.1, 0.15) is 25.7 Å². The smallest absolute Gasteiger partial charge is 0.254 e.